The average Bonchev–Trinajstić information content (AvgIpc) is 4.13. The van der Waals surface area contributed by atoms with E-state index in [0.29, 0.717) is 80.7 Å². The first kappa shape index (κ1) is 47.2. The summed E-state index contributed by atoms with van der Waals surface area (Å²) in [5.41, 5.74) is 4.19. The molecule has 0 unspecified atom stereocenters. The molecule has 0 aliphatic rings. The molecule has 0 bridgehead atoms. The van der Waals surface area contributed by atoms with Crippen molar-refractivity contribution in [2.75, 3.05) is 7.11 Å². The number of pyridine rings is 3. The topological polar surface area (TPSA) is 165 Å². The summed E-state index contributed by atoms with van der Waals surface area (Å²) in [6.07, 6.45) is 13.2. The average molecular weight is 882 g/mol. The van der Waals surface area contributed by atoms with Gasteiger partial charge in [-0.3, -0.25) is 0 Å². The molecule has 6 heterocycles. The molecule has 0 spiro atoms. The number of rotatable bonds is 14. The van der Waals surface area contributed by atoms with Crippen molar-refractivity contribution in [2.45, 2.75) is 77.6 Å². The van der Waals surface area contributed by atoms with Crippen LogP contribution in [0.25, 0.3) is 0 Å². The quantitative estimate of drug-likeness (QED) is 0.0951. The molecule has 0 amide bonds. The van der Waals surface area contributed by atoms with E-state index in [9.17, 15) is 4.39 Å². The molecule has 8 aromatic rings. The number of benzene rings is 2. The van der Waals surface area contributed by atoms with Gasteiger partial charge in [-0.2, -0.15) is 15.0 Å². The van der Waals surface area contributed by atoms with Gasteiger partial charge in [0.15, 0.2) is 17.5 Å². The van der Waals surface area contributed by atoms with E-state index in [2.05, 4.69) is 87.8 Å². The molecule has 2 aromatic carbocycles. The molecule has 0 N–H and O–H groups in total. The molecule has 0 saturated carbocycles. The van der Waals surface area contributed by atoms with Crippen LogP contribution in [-0.4, -0.2) is 52.5 Å². The number of unbranched alkanes of at least 4 members (excludes halogenated alkanes) is 1. The number of hydrogen-bond donors (Lipinski definition) is 0. The summed E-state index contributed by atoms with van der Waals surface area (Å²) in [7, 11) is 1.65. The van der Waals surface area contributed by atoms with E-state index in [0.717, 1.165) is 59.0 Å². The van der Waals surface area contributed by atoms with Crippen LogP contribution in [0, 0.1) is 41.3 Å². The molecular formula is C52H48FN9O4. The highest BCUT2D eigenvalue weighted by Crippen LogP contribution is 2.15. The minimum Gasteiger partial charge on any atom is -0.497 e. The third kappa shape index (κ3) is 17.5. The maximum Gasteiger partial charge on any atom is 0.227 e. The Labute approximate surface area is 383 Å². The molecule has 0 atom stereocenters. The second-order valence-corrected chi connectivity index (χ2v) is 14.3. The van der Waals surface area contributed by atoms with Crippen molar-refractivity contribution in [1.29, 1.82) is 0 Å². The Hall–Kier alpha value is -8.28. The van der Waals surface area contributed by atoms with Gasteiger partial charge in [0.2, 0.25) is 17.7 Å². The van der Waals surface area contributed by atoms with E-state index >= 15 is 0 Å². The molecule has 14 heteroatoms. The first-order chi connectivity index (χ1) is 32.5. The van der Waals surface area contributed by atoms with E-state index in [1.165, 1.54) is 12.1 Å². The van der Waals surface area contributed by atoms with Crippen molar-refractivity contribution in [3.8, 4) is 41.3 Å². The highest BCUT2D eigenvalue weighted by atomic mass is 19.1. The number of nitrogens with zero attached hydrogens (tertiary/aromatic N) is 9. The highest BCUT2D eigenvalue weighted by Gasteiger charge is 2.09. The minimum absolute atomic E-state index is 0.268. The Kier molecular flexibility index (Phi) is 19.3. The smallest absolute Gasteiger partial charge is 0.227 e. The molecule has 13 nitrogen and oxygen atoms in total. The van der Waals surface area contributed by atoms with Crippen LogP contribution < -0.4 is 4.74 Å². The summed E-state index contributed by atoms with van der Waals surface area (Å²) in [5, 5.41) is 11.9. The monoisotopic (exact) mass is 881 g/mol. The van der Waals surface area contributed by atoms with Gasteiger partial charge in [0.05, 0.1) is 7.11 Å². The van der Waals surface area contributed by atoms with E-state index in [-0.39, 0.29) is 5.82 Å². The SMILES string of the molecule is CCCCc1noc(CCC#Cc2ccccn2)n1.COc1cccc(Cc2noc(CCC#Cc3ccccn3)n2)c1.Fc1cccc(Cc2noc(CCC#Cc3ccccn3)n2)c1. The van der Waals surface area contributed by atoms with E-state index < -0.39 is 0 Å². The van der Waals surface area contributed by atoms with Crippen LogP contribution in [0.15, 0.2) is 135 Å². The predicted molar refractivity (Wildman–Crippen MR) is 245 cm³/mol. The van der Waals surface area contributed by atoms with Crippen molar-refractivity contribution in [2.24, 2.45) is 0 Å². The lowest BCUT2D eigenvalue weighted by molar-refractivity contribution is 0.373. The molecule has 332 valence electrons. The lowest BCUT2D eigenvalue weighted by Gasteiger charge is -2.01. The van der Waals surface area contributed by atoms with Crippen LogP contribution in [0.3, 0.4) is 0 Å². The number of aromatic nitrogens is 9. The van der Waals surface area contributed by atoms with Crippen LogP contribution in [0.4, 0.5) is 4.39 Å². The van der Waals surface area contributed by atoms with E-state index in [1.807, 2.05) is 84.9 Å². The van der Waals surface area contributed by atoms with Crippen LogP contribution in [0.2, 0.25) is 0 Å². The van der Waals surface area contributed by atoms with Crippen molar-refractivity contribution < 1.29 is 22.7 Å². The summed E-state index contributed by atoms with van der Waals surface area (Å²) in [5.74, 6) is 22.5. The van der Waals surface area contributed by atoms with Crippen molar-refractivity contribution in [3.05, 3.63) is 191 Å². The summed E-state index contributed by atoms with van der Waals surface area (Å²) in [6, 6.07) is 31.2. The first-order valence-electron chi connectivity index (χ1n) is 21.5. The molecule has 66 heavy (non-hydrogen) atoms. The number of methoxy groups -OCH3 is 1. The molecular weight excluding hydrogens is 834 g/mol. The largest absolute Gasteiger partial charge is 0.497 e. The maximum atomic E-state index is 13.1. The van der Waals surface area contributed by atoms with E-state index in [1.54, 1.807) is 31.8 Å². The summed E-state index contributed by atoms with van der Waals surface area (Å²) in [4.78, 5) is 25.4. The standard InChI is InChI=1S/C19H17N3O2.C18H14FN3O.C15H17N3O/c1-23-17-10-6-7-15(13-17)14-18-21-19(24-22-18)11-3-2-8-16-9-4-5-12-20-16;19-15-7-5-6-14(12-15)13-17-21-18(23-22-17)10-2-1-8-16-9-3-4-11-20-16;1-2-3-10-14-17-15(19-18-14)11-5-4-8-13-9-6-7-12-16-13/h4-7,9-10,12-13H,3,11,14H2,1H3;3-7,9,11-12H,2,10,13H2;6-7,9,12H,2-3,5,10-11H2,1H3. The van der Waals surface area contributed by atoms with Gasteiger partial charge in [0.25, 0.3) is 0 Å². The summed E-state index contributed by atoms with van der Waals surface area (Å²) >= 11 is 0. The third-order valence-electron chi connectivity index (χ3n) is 9.07. The fraction of sp³-hybridized carbons (Fsp3) is 0.250. The van der Waals surface area contributed by atoms with Gasteiger partial charge < -0.3 is 18.3 Å². The molecule has 0 saturated heterocycles. The molecule has 0 aliphatic carbocycles. The normalized spacial score (nSPS) is 10.0. The zero-order valence-corrected chi connectivity index (χ0v) is 36.9. The van der Waals surface area contributed by atoms with Gasteiger partial charge in [-0.15, -0.1) is 0 Å². The Bertz CT molecular complexity index is 2850. The van der Waals surface area contributed by atoms with Crippen molar-refractivity contribution >= 4 is 0 Å². The number of aryl methyl sites for hydroxylation is 4. The molecule has 8 rings (SSSR count). The Balaban J connectivity index is 0.000000165. The van der Waals surface area contributed by atoms with Crippen LogP contribution >= 0.6 is 0 Å². The lowest BCUT2D eigenvalue weighted by atomic mass is 10.1. The zero-order valence-electron chi connectivity index (χ0n) is 36.9. The van der Waals surface area contributed by atoms with Gasteiger partial charge in [0, 0.05) is 76.4 Å². The van der Waals surface area contributed by atoms with Crippen LogP contribution in [0.1, 0.15) is 102 Å². The summed E-state index contributed by atoms with van der Waals surface area (Å²) in [6.45, 7) is 2.15. The molecule has 0 radical (unpaired) electrons. The van der Waals surface area contributed by atoms with Gasteiger partial charge >= 0.3 is 0 Å². The predicted octanol–water partition coefficient (Wildman–Crippen LogP) is 9.02. The molecule has 0 aliphatic heterocycles. The van der Waals surface area contributed by atoms with Gasteiger partial charge in [-0.25, -0.2) is 19.3 Å². The van der Waals surface area contributed by atoms with E-state index in [4.69, 9.17) is 18.3 Å². The van der Waals surface area contributed by atoms with Crippen LogP contribution in [0.5, 0.6) is 5.75 Å². The second kappa shape index (κ2) is 27.0. The van der Waals surface area contributed by atoms with Gasteiger partial charge in [-0.1, -0.05) is 89.0 Å². The molecule has 0 fully saturated rings. The van der Waals surface area contributed by atoms with Crippen molar-refractivity contribution in [3.63, 3.8) is 0 Å². The summed E-state index contributed by atoms with van der Waals surface area (Å²) < 4.78 is 34.0. The number of hydrogen-bond acceptors (Lipinski definition) is 13. The molecule has 6 aromatic heterocycles. The second-order valence-electron chi connectivity index (χ2n) is 14.3. The minimum atomic E-state index is -0.268. The van der Waals surface area contributed by atoms with Crippen LogP contribution in [-0.2, 0) is 38.5 Å². The maximum absolute atomic E-state index is 13.1. The van der Waals surface area contributed by atoms with Gasteiger partial charge in [-0.05, 0) is 96.0 Å². The third-order valence-corrected chi connectivity index (χ3v) is 9.07. The number of halogens is 1. The fourth-order valence-corrected chi connectivity index (χ4v) is 5.83. The Morgan fingerprint density at radius 3 is 1.41 bits per heavy atom. The van der Waals surface area contributed by atoms with Gasteiger partial charge in [0.1, 0.15) is 28.6 Å². The Morgan fingerprint density at radius 1 is 0.515 bits per heavy atom. The van der Waals surface area contributed by atoms with Crippen molar-refractivity contribution in [1.82, 2.24) is 45.4 Å². The Morgan fingerprint density at radius 2 is 0.970 bits per heavy atom. The lowest BCUT2D eigenvalue weighted by Crippen LogP contribution is -1.92. The fourth-order valence-electron chi connectivity index (χ4n) is 5.83. The highest BCUT2D eigenvalue weighted by molar-refractivity contribution is 5.31. The first-order valence-corrected chi connectivity index (χ1v) is 21.5. The zero-order chi connectivity index (χ0) is 45.9. The number of ether oxygens (including phenoxy) is 1.